The number of aromatic nitrogens is 2. The SMILES string of the molecule is CN1CCCN(C(=O)c2cn(C)nc2S(=O)(=O)N2CCN(c3ccc(Cl)cc3)CC2)CC1. The molecule has 1 amide bonds. The van der Waals surface area contributed by atoms with Gasteiger partial charge >= 0.3 is 0 Å². The number of halogens is 1. The Kier molecular flexibility index (Phi) is 6.75. The molecule has 9 nitrogen and oxygen atoms in total. The van der Waals surface area contributed by atoms with E-state index in [2.05, 4.69) is 14.9 Å². The van der Waals surface area contributed by atoms with E-state index >= 15 is 0 Å². The third kappa shape index (κ3) is 4.78. The lowest BCUT2D eigenvalue weighted by molar-refractivity contribution is 0.0758. The molecule has 11 heteroatoms. The molecule has 0 saturated carbocycles. The van der Waals surface area contributed by atoms with E-state index < -0.39 is 10.0 Å². The predicted octanol–water partition coefficient (Wildman–Crippen LogP) is 1.36. The van der Waals surface area contributed by atoms with Crippen LogP contribution in [0.25, 0.3) is 0 Å². The quantitative estimate of drug-likeness (QED) is 0.657. The third-order valence-electron chi connectivity index (χ3n) is 6.05. The van der Waals surface area contributed by atoms with Crippen LogP contribution in [0.3, 0.4) is 0 Å². The van der Waals surface area contributed by atoms with Crippen LogP contribution in [0.4, 0.5) is 5.69 Å². The minimum atomic E-state index is -3.89. The van der Waals surface area contributed by atoms with Gasteiger partial charge in [0.15, 0.2) is 0 Å². The van der Waals surface area contributed by atoms with Crippen LogP contribution in [0.15, 0.2) is 35.5 Å². The third-order valence-corrected chi connectivity index (χ3v) is 8.13. The van der Waals surface area contributed by atoms with Gasteiger partial charge in [-0.15, -0.1) is 0 Å². The standard InChI is InChI=1S/C21H29ClN6O3S/c1-24-8-3-9-27(11-10-24)21(29)19-16-25(2)23-20(19)32(30,31)28-14-12-26(13-15-28)18-6-4-17(22)5-7-18/h4-7,16H,3,8-15H2,1-2H3. The van der Waals surface area contributed by atoms with Crippen molar-refractivity contribution in [3.8, 4) is 0 Å². The average Bonchev–Trinajstić information content (AvgIpc) is 3.05. The van der Waals surface area contributed by atoms with Crippen molar-refractivity contribution in [3.05, 3.63) is 41.0 Å². The number of anilines is 1. The number of aryl methyl sites for hydroxylation is 1. The van der Waals surface area contributed by atoms with Crippen molar-refractivity contribution in [1.29, 1.82) is 0 Å². The van der Waals surface area contributed by atoms with Crippen LogP contribution in [-0.2, 0) is 17.1 Å². The highest BCUT2D eigenvalue weighted by atomic mass is 35.5. The van der Waals surface area contributed by atoms with Gasteiger partial charge in [0.1, 0.15) is 0 Å². The molecule has 0 spiro atoms. The van der Waals surface area contributed by atoms with Gasteiger partial charge in [-0.2, -0.15) is 9.40 Å². The zero-order valence-electron chi connectivity index (χ0n) is 18.4. The first-order chi connectivity index (χ1) is 15.3. The normalized spacial score (nSPS) is 19.2. The Labute approximate surface area is 194 Å². The number of hydrogen-bond donors (Lipinski definition) is 0. The first kappa shape index (κ1) is 23.0. The Balaban J connectivity index is 1.51. The molecule has 1 aromatic carbocycles. The maximum Gasteiger partial charge on any atom is 0.263 e. The maximum atomic E-state index is 13.5. The second kappa shape index (κ2) is 9.38. The van der Waals surface area contributed by atoms with Gasteiger partial charge in [-0.1, -0.05) is 11.6 Å². The molecule has 1 aromatic heterocycles. The number of rotatable bonds is 4. The molecule has 2 aliphatic heterocycles. The van der Waals surface area contributed by atoms with Gasteiger partial charge < -0.3 is 14.7 Å². The summed E-state index contributed by atoms with van der Waals surface area (Å²) in [6.45, 7) is 4.61. The molecule has 4 rings (SSSR count). The summed E-state index contributed by atoms with van der Waals surface area (Å²) >= 11 is 5.97. The van der Waals surface area contributed by atoms with Crippen molar-refractivity contribution in [2.24, 2.45) is 7.05 Å². The van der Waals surface area contributed by atoms with Crippen molar-refractivity contribution >= 4 is 33.2 Å². The minimum absolute atomic E-state index is 0.150. The van der Waals surface area contributed by atoms with Crippen LogP contribution in [0.1, 0.15) is 16.8 Å². The summed E-state index contributed by atoms with van der Waals surface area (Å²) in [7, 11) is -0.223. The second-order valence-electron chi connectivity index (χ2n) is 8.34. The van der Waals surface area contributed by atoms with E-state index in [9.17, 15) is 13.2 Å². The monoisotopic (exact) mass is 480 g/mol. The van der Waals surface area contributed by atoms with Gasteiger partial charge in [0.05, 0.1) is 5.56 Å². The van der Waals surface area contributed by atoms with Crippen LogP contribution in [0, 0.1) is 0 Å². The second-order valence-corrected chi connectivity index (χ2v) is 10.6. The topological polar surface area (TPSA) is 82.0 Å². The molecule has 0 unspecified atom stereocenters. The summed E-state index contributed by atoms with van der Waals surface area (Å²) in [4.78, 5) is 19.3. The number of benzene rings is 1. The molecule has 32 heavy (non-hydrogen) atoms. The summed E-state index contributed by atoms with van der Waals surface area (Å²) in [5.41, 5.74) is 1.16. The van der Waals surface area contributed by atoms with Gasteiger partial charge in [0.25, 0.3) is 15.9 Å². The maximum absolute atomic E-state index is 13.5. The zero-order valence-corrected chi connectivity index (χ0v) is 20.0. The lowest BCUT2D eigenvalue weighted by atomic mass is 10.2. The van der Waals surface area contributed by atoms with Crippen LogP contribution in [0.2, 0.25) is 5.02 Å². The van der Waals surface area contributed by atoms with Crippen molar-refractivity contribution in [1.82, 2.24) is 23.9 Å². The van der Waals surface area contributed by atoms with E-state index in [1.54, 1.807) is 11.9 Å². The number of carbonyl (C=O) groups excluding carboxylic acids is 1. The molecule has 2 aliphatic rings. The predicted molar refractivity (Wildman–Crippen MR) is 124 cm³/mol. The lowest BCUT2D eigenvalue weighted by Gasteiger charge is -2.35. The Morgan fingerprint density at radius 2 is 1.62 bits per heavy atom. The van der Waals surface area contributed by atoms with Crippen molar-refractivity contribution < 1.29 is 13.2 Å². The van der Waals surface area contributed by atoms with E-state index in [-0.39, 0.29) is 16.5 Å². The Hall–Kier alpha value is -2.14. The fourth-order valence-electron chi connectivity index (χ4n) is 4.19. The van der Waals surface area contributed by atoms with Gasteiger partial charge in [-0.25, -0.2) is 8.42 Å². The first-order valence-corrected chi connectivity index (χ1v) is 12.6. The number of amides is 1. The first-order valence-electron chi connectivity index (χ1n) is 10.8. The number of piperazine rings is 1. The summed E-state index contributed by atoms with van der Waals surface area (Å²) in [5.74, 6) is -0.272. The molecule has 0 N–H and O–H groups in total. The number of hydrogen-bond acceptors (Lipinski definition) is 6. The Morgan fingerprint density at radius 3 is 2.31 bits per heavy atom. The molecule has 3 heterocycles. The van der Waals surface area contributed by atoms with Gasteiger partial charge in [-0.3, -0.25) is 9.48 Å². The Bertz CT molecular complexity index is 1060. The van der Waals surface area contributed by atoms with E-state index in [0.29, 0.717) is 44.3 Å². The molecular weight excluding hydrogens is 452 g/mol. The van der Waals surface area contributed by atoms with E-state index in [1.165, 1.54) is 15.2 Å². The molecule has 2 aromatic rings. The molecule has 0 aliphatic carbocycles. The smallest absolute Gasteiger partial charge is 0.263 e. The fraction of sp³-hybridized carbons (Fsp3) is 0.524. The molecule has 0 atom stereocenters. The highest BCUT2D eigenvalue weighted by molar-refractivity contribution is 7.89. The minimum Gasteiger partial charge on any atom is -0.369 e. The van der Waals surface area contributed by atoms with E-state index in [0.717, 1.165) is 25.2 Å². The summed E-state index contributed by atoms with van der Waals surface area (Å²) < 4.78 is 29.7. The molecular formula is C21H29ClN6O3S. The summed E-state index contributed by atoms with van der Waals surface area (Å²) in [6, 6.07) is 7.51. The van der Waals surface area contributed by atoms with Gasteiger partial charge in [0.2, 0.25) is 5.03 Å². The fourth-order valence-corrected chi connectivity index (χ4v) is 5.85. The molecule has 0 radical (unpaired) electrons. The number of likely N-dealkylation sites (N-methyl/N-ethyl adjacent to an activating group) is 1. The zero-order chi connectivity index (χ0) is 22.9. The highest BCUT2D eigenvalue weighted by Gasteiger charge is 2.36. The molecule has 174 valence electrons. The molecule has 2 fully saturated rings. The highest BCUT2D eigenvalue weighted by Crippen LogP contribution is 2.24. The van der Waals surface area contributed by atoms with Crippen molar-refractivity contribution in [3.63, 3.8) is 0 Å². The number of sulfonamides is 1. The van der Waals surface area contributed by atoms with Crippen LogP contribution in [-0.4, -0.2) is 97.6 Å². The largest absolute Gasteiger partial charge is 0.369 e. The summed E-state index contributed by atoms with van der Waals surface area (Å²) in [5, 5.41) is 4.71. The van der Waals surface area contributed by atoms with Gasteiger partial charge in [-0.05, 0) is 44.3 Å². The van der Waals surface area contributed by atoms with Crippen LogP contribution >= 0.6 is 11.6 Å². The van der Waals surface area contributed by atoms with Crippen molar-refractivity contribution in [2.75, 3.05) is 64.3 Å². The Morgan fingerprint density at radius 1 is 0.938 bits per heavy atom. The molecule has 0 bridgehead atoms. The van der Waals surface area contributed by atoms with E-state index in [1.807, 2.05) is 31.3 Å². The van der Waals surface area contributed by atoms with Crippen molar-refractivity contribution in [2.45, 2.75) is 11.4 Å². The van der Waals surface area contributed by atoms with Gasteiger partial charge in [0, 0.05) is 69.8 Å². The molecule has 2 saturated heterocycles. The van der Waals surface area contributed by atoms with Crippen LogP contribution < -0.4 is 4.90 Å². The van der Waals surface area contributed by atoms with E-state index in [4.69, 9.17) is 11.6 Å². The van der Waals surface area contributed by atoms with Crippen LogP contribution in [0.5, 0.6) is 0 Å². The average molecular weight is 481 g/mol. The number of carbonyl (C=O) groups is 1. The lowest BCUT2D eigenvalue weighted by Crippen LogP contribution is -2.49. The summed E-state index contributed by atoms with van der Waals surface area (Å²) in [6.07, 6.45) is 2.38. The number of nitrogens with zero attached hydrogens (tertiary/aromatic N) is 6.